The van der Waals surface area contributed by atoms with Crippen molar-refractivity contribution >= 4 is 10.9 Å². The van der Waals surface area contributed by atoms with Gasteiger partial charge in [-0.1, -0.05) is 13.0 Å². The van der Waals surface area contributed by atoms with E-state index in [4.69, 9.17) is 5.11 Å². The maximum atomic E-state index is 13.7. The highest BCUT2D eigenvalue weighted by molar-refractivity contribution is 5.82. The van der Waals surface area contributed by atoms with E-state index in [1.54, 1.807) is 24.4 Å². The van der Waals surface area contributed by atoms with Crippen molar-refractivity contribution in [1.29, 1.82) is 0 Å². The van der Waals surface area contributed by atoms with E-state index in [1.807, 2.05) is 0 Å². The topological polar surface area (TPSA) is 36.4 Å². The largest absolute Gasteiger partial charge is 0.396 e. The van der Waals surface area contributed by atoms with Gasteiger partial charge in [0.05, 0.1) is 5.52 Å². The second kappa shape index (κ2) is 6.59. The molecule has 0 aliphatic carbocycles. The van der Waals surface area contributed by atoms with Crippen molar-refractivity contribution in [2.75, 3.05) is 19.7 Å². The molecule has 0 spiro atoms. The van der Waals surface area contributed by atoms with Gasteiger partial charge in [0.2, 0.25) is 0 Å². The molecule has 4 heteroatoms. The average molecular weight is 262 g/mol. The smallest absolute Gasteiger partial charge is 0.132 e. The van der Waals surface area contributed by atoms with Crippen LogP contribution in [0.3, 0.4) is 0 Å². The first-order valence-electron chi connectivity index (χ1n) is 6.61. The van der Waals surface area contributed by atoms with Gasteiger partial charge in [0.25, 0.3) is 0 Å². The van der Waals surface area contributed by atoms with Crippen LogP contribution in [0.4, 0.5) is 4.39 Å². The van der Waals surface area contributed by atoms with Crippen molar-refractivity contribution < 1.29 is 9.50 Å². The van der Waals surface area contributed by atoms with Gasteiger partial charge in [0, 0.05) is 31.3 Å². The number of nitrogens with zero attached hydrogens (tertiary/aromatic N) is 2. The number of aromatic nitrogens is 1. The normalized spacial score (nSPS) is 11.4. The summed E-state index contributed by atoms with van der Waals surface area (Å²) in [4.78, 5) is 6.51. The summed E-state index contributed by atoms with van der Waals surface area (Å²) in [6.07, 6.45) is 2.44. The molecule has 0 aliphatic rings. The Balaban J connectivity index is 2.27. The molecular formula is C15H19FN2O. The second-order valence-corrected chi connectivity index (χ2v) is 4.55. The minimum absolute atomic E-state index is 0.193. The monoisotopic (exact) mass is 262 g/mol. The molecule has 19 heavy (non-hydrogen) atoms. The molecule has 0 fully saturated rings. The molecule has 1 aromatic carbocycles. The minimum atomic E-state index is -0.231. The molecule has 0 amide bonds. The molecule has 0 saturated heterocycles. The first-order chi connectivity index (χ1) is 9.26. The fourth-order valence-electron chi connectivity index (χ4n) is 2.21. The molecule has 0 unspecified atom stereocenters. The van der Waals surface area contributed by atoms with E-state index in [0.717, 1.165) is 37.1 Å². The number of hydrogen-bond donors (Lipinski definition) is 1. The third-order valence-corrected chi connectivity index (χ3v) is 3.27. The Labute approximate surface area is 112 Å². The molecule has 0 bridgehead atoms. The van der Waals surface area contributed by atoms with Gasteiger partial charge < -0.3 is 5.11 Å². The maximum Gasteiger partial charge on any atom is 0.132 e. The molecule has 2 aromatic rings. The number of rotatable bonds is 6. The number of halogens is 1. The van der Waals surface area contributed by atoms with E-state index in [2.05, 4.69) is 16.8 Å². The number of aliphatic hydroxyl groups excluding tert-OH is 1. The molecule has 0 radical (unpaired) electrons. The molecule has 1 aromatic heterocycles. The second-order valence-electron chi connectivity index (χ2n) is 4.55. The summed E-state index contributed by atoms with van der Waals surface area (Å²) >= 11 is 0. The van der Waals surface area contributed by atoms with E-state index in [0.29, 0.717) is 5.39 Å². The molecule has 2 rings (SSSR count). The number of pyridine rings is 1. The summed E-state index contributed by atoms with van der Waals surface area (Å²) in [5.74, 6) is -0.231. The van der Waals surface area contributed by atoms with Gasteiger partial charge in [-0.2, -0.15) is 0 Å². The lowest BCUT2D eigenvalue weighted by Crippen LogP contribution is -2.24. The molecular weight excluding hydrogens is 243 g/mol. The van der Waals surface area contributed by atoms with Crippen molar-refractivity contribution in [1.82, 2.24) is 9.88 Å². The standard InChI is InChI=1S/C15H19FN2O/c1-2-18(9-4-10-19)11-12-6-7-14(16)13-5-3-8-17-15(12)13/h3,5-8,19H,2,4,9-11H2,1H3. The van der Waals surface area contributed by atoms with Crippen LogP contribution < -0.4 is 0 Å². The number of hydrogen-bond acceptors (Lipinski definition) is 3. The minimum Gasteiger partial charge on any atom is -0.396 e. The first kappa shape index (κ1) is 13.9. The Hall–Kier alpha value is -1.52. The Bertz CT molecular complexity index is 545. The Morgan fingerprint density at radius 3 is 2.89 bits per heavy atom. The van der Waals surface area contributed by atoms with E-state index in [1.165, 1.54) is 6.07 Å². The first-order valence-corrected chi connectivity index (χ1v) is 6.61. The van der Waals surface area contributed by atoms with Gasteiger partial charge in [0.1, 0.15) is 5.82 Å². The zero-order valence-corrected chi connectivity index (χ0v) is 11.1. The van der Waals surface area contributed by atoms with Crippen LogP contribution in [0.25, 0.3) is 10.9 Å². The number of benzene rings is 1. The van der Waals surface area contributed by atoms with Crippen molar-refractivity contribution in [2.45, 2.75) is 19.9 Å². The third-order valence-electron chi connectivity index (χ3n) is 3.27. The average Bonchev–Trinajstić information content (AvgIpc) is 2.46. The van der Waals surface area contributed by atoms with Crippen LogP contribution in [-0.2, 0) is 6.54 Å². The fraction of sp³-hybridized carbons (Fsp3) is 0.400. The van der Waals surface area contributed by atoms with Crippen LogP contribution in [0, 0.1) is 5.82 Å². The van der Waals surface area contributed by atoms with Gasteiger partial charge in [0.15, 0.2) is 0 Å². The van der Waals surface area contributed by atoms with E-state index in [-0.39, 0.29) is 12.4 Å². The zero-order valence-electron chi connectivity index (χ0n) is 11.1. The molecule has 102 valence electrons. The number of aliphatic hydroxyl groups is 1. The van der Waals surface area contributed by atoms with Crippen LogP contribution in [0.1, 0.15) is 18.9 Å². The predicted molar refractivity (Wildman–Crippen MR) is 74.4 cm³/mol. The van der Waals surface area contributed by atoms with Crippen molar-refractivity contribution in [3.63, 3.8) is 0 Å². The summed E-state index contributed by atoms with van der Waals surface area (Å²) < 4.78 is 13.7. The van der Waals surface area contributed by atoms with E-state index in [9.17, 15) is 4.39 Å². The summed E-state index contributed by atoms with van der Waals surface area (Å²) in [7, 11) is 0. The lowest BCUT2D eigenvalue weighted by molar-refractivity contribution is 0.226. The van der Waals surface area contributed by atoms with E-state index >= 15 is 0 Å². The highest BCUT2D eigenvalue weighted by atomic mass is 19.1. The Morgan fingerprint density at radius 2 is 2.16 bits per heavy atom. The van der Waals surface area contributed by atoms with Gasteiger partial charge in [-0.3, -0.25) is 9.88 Å². The summed E-state index contributed by atoms with van der Waals surface area (Å²) in [6, 6.07) is 6.80. The quantitative estimate of drug-likeness (QED) is 0.869. The Kier molecular flexibility index (Phi) is 4.82. The number of fused-ring (bicyclic) bond motifs is 1. The lowest BCUT2D eigenvalue weighted by Gasteiger charge is -2.20. The van der Waals surface area contributed by atoms with Crippen molar-refractivity contribution in [2.24, 2.45) is 0 Å². The van der Waals surface area contributed by atoms with Crippen molar-refractivity contribution in [3.05, 3.63) is 41.8 Å². The van der Waals surface area contributed by atoms with Crippen LogP contribution in [0.15, 0.2) is 30.5 Å². The van der Waals surface area contributed by atoms with Crippen LogP contribution >= 0.6 is 0 Å². The Morgan fingerprint density at radius 1 is 1.32 bits per heavy atom. The van der Waals surface area contributed by atoms with Crippen molar-refractivity contribution in [3.8, 4) is 0 Å². The molecule has 0 aliphatic heterocycles. The zero-order chi connectivity index (χ0) is 13.7. The van der Waals surface area contributed by atoms with E-state index < -0.39 is 0 Å². The predicted octanol–water partition coefficient (Wildman–Crippen LogP) is 2.58. The molecule has 3 nitrogen and oxygen atoms in total. The molecule has 0 saturated carbocycles. The van der Waals surface area contributed by atoms with Crippen LogP contribution in [0.5, 0.6) is 0 Å². The summed E-state index contributed by atoms with van der Waals surface area (Å²) in [6.45, 7) is 4.73. The van der Waals surface area contributed by atoms with Crippen LogP contribution in [-0.4, -0.2) is 34.7 Å². The van der Waals surface area contributed by atoms with Crippen LogP contribution in [0.2, 0.25) is 0 Å². The van der Waals surface area contributed by atoms with Gasteiger partial charge in [-0.15, -0.1) is 0 Å². The molecule has 0 atom stereocenters. The fourth-order valence-corrected chi connectivity index (χ4v) is 2.21. The maximum absolute atomic E-state index is 13.7. The summed E-state index contributed by atoms with van der Waals surface area (Å²) in [5.41, 5.74) is 1.75. The summed E-state index contributed by atoms with van der Waals surface area (Å²) in [5, 5.41) is 9.46. The molecule has 1 N–H and O–H groups in total. The SMILES string of the molecule is CCN(CCCO)Cc1ccc(F)c2cccnc12. The highest BCUT2D eigenvalue weighted by Gasteiger charge is 2.10. The van der Waals surface area contributed by atoms with Gasteiger partial charge in [-0.25, -0.2) is 4.39 Å². The van der Waals surface area contributed by atoms with Gasteiger partial charge >= 0.3 is 0 Å². The third kappa shape index (κ3) is 3.28. The van der Waals surface area contributed by atoms with Gasteiger partial charge in [-0.05, 0) is 36.7 Å². The highest BCUT2D eigenvalue weighted by Crippen LogP contribution is 2.20. The molecule has 1 heterocycles. The lowest BCUT2D eigenvalue weighted by atomic mass is 10.1.